The first kappa shape index (κ1) is 13.9. The molecule has 0 spiro atoms. The van der Waals surface area contributed by atoms with E-state index in [0.717, 1.165) is 36.2 Å². The molecule has 0 unspecified atom stereocenters. The summed E-state index contributed by atoms with van der Waals surface area (Å²) < 4.78 is 20.2. The first-order valence-corrected chi connectivity index (χ1v) is 6.89. The van der Waals surface area contributed by atoms with Crippen molar-refractivity contribution in [3.63, 3.8) is 0 Å². The highest BCUT2D eigenvalue weighted by atomic mass is 79.9. The van der Waals surface area contributed by atoms with Crippen molar-refractivity contribution in [1.29, 1.82) is 0 Å². The van der Waals surface area contributed by atoms with Gasteiger partial charge in [0.1, 0.15) is 5.82 Å². The van der Waals surface area contributed by atoms with Crippen LogP contribution in [0.2, 0.25) is 0 Å². The highest BCUT2D eigenvalue weighted by Crippen LogP contribution is 2.22. The van der Waals surface area contributed by atoms with Gasteiger partial charge in [-0.05, 0) is 12.1 Å². The maximum absolute atomic E-state index is 14.3. The zero-order chi connectivity index (χ0) is 13.0. The van der Waals surface area contributed by atoms with Crippen molar-refractivity contribution >= 4 is 15.9 Å². The van der Waals surface area contributed by atoms with Crippen LogP contribution in [0, 0.1) is 5.82 Å². The molecular weight excluding hydrogens is 299 g/mol. The van der Waals surface area contributed by atoms with Crippen LogP contribution in [0.5, 0.6) is 0 Å². The van der Waals surface area contributed by atoms with E-state index < -0.39 is 0 Å². The molecule has 0 atom stereocenters. The molecule has 1 heterocycles. The molecule has 100 valence electrons. The van der Waals surface area contributed by atoms with Gasteiger partial charge in [-0.2, -0.15) is 0 Å². The minimum absolute atomic E-state index is 0.140. The third-order valence-electron chi connectivity index (χ3n) is 3.09. The Balaban J connectivity index is 2.15. The zero-order valence-corrected chi connectivity index (χ0v) is 12.1. The number of methoxy groups -OCH3 is 1. The summed E-state index contributed by atoms with van der Waals surface area (Å²) in [5, 5.41) is 3.29. The number of ether oxygens (including phenoxy) is 1. The van der Waals surface area contributed by atoms with Crippen LogP contribution in [0.15, 0.2) is 16.6 Å². The number of halogens is 2. The van der Waals surface area contributed by atoms with Crippen LogP contribution in [0.3, 0.4) is 0 Å². The van der Waals surface area contributed by atoms with Gasteiger partial charge in [-0.3, -0.25) is 4.90 Å². The first-order valence-electron chi connectivity index (χ1n) is 6.09. The van der Waals surface area contributed by atoms with Crippen LogP contribution < -0.4 is 5.32 Å². The van der Waals surface area contributed by atoms with Gasteiger partial charge in [-0.15, -0.1) is 0 Å². The number of nitrogens with one attached hydrogen (secondary N) is 1. The van der Waals surface area contributed by atoms with Gasteiger partial charge in [0, 0.05) is 55.4 Å². The molecule has 0 aliphatic carbocycles. The Hall–Kier alpha value is -0.490. The summed E-state index contributed by atoms with van der Waals surface area (Å²) in [5.74, 6) is -0.140. The van der Waals surface area contributed by atoms with Crippen molar-refractivity contribution in [3.05, 3.63) is 33.5 Å². The van der Waals surface area contributed by atoms with Gasteiger partial charge in [-0.25, -0.2) is 4.39 Å². The quantitative estimate of drug-likeness (QED) is 0.921. The van der Waals surface area contributed by atoms with Crippen molar-refractivity contribution in [2.75, 3.05) is 33.3 Å². The summed E-state index contributed by atoms with van der Waals surface area (Å²) in [6.45, 7) is 4.84. The van der Waals surface area contributed by atoms with Crippen LogP contribution in [0.1, 0.15) is 11.1 Å². The van der Waals surface area contributed by atoms with Crippen molar-refractivity contribution in [1.82, 2.24) is 10.2 Å². The molecule has 3 nitrogen and oxygen atoms in total. The number of hydrogen-bond acceptors (Lipinski definition) is 3. The SMILES string of the molecule is COCc1cc(Br)cc(CN2CCNCC2)c1F. The molecule has 18 heavy (non-hydrogen) atoms. The number of nitrogens with zero attached hydrogens (tertiary/aromatic N) is 1. The van der Waals surface area contributed by atoms with Crippen LogP contribution in [0.4, 0.5) is 4.39 Å². The third kappa shape index (κ3) is 3.51. The monoisotopic (exact) mass is 316 g/mol. The molecule has 1 fully saturated rings. The topological polar surface area (TPSA) is 24.5 Å². The van der Waals surface area contributed by atoms with Gasteiger partial charge in [0.25, 0.3) is 0 Å². The van der Waals surface area contributed by atoms with E-state index in [2.05, 4.69) is 26.1 Å². The molecule has 1 aromatic rings. The van der Waals surface area contributed by atoms with E-state index in [4.69, 9.17) is 4.74 Å². The first-order chi connectivity index (χ1) is 8.70. The lowest BCUT2D eigenvalue weighted by Gasteiger charge is -2.27. The molecule has 0 bridgehead atoms. The Bertz CT molecular complexity index is 408. The lowest BCUT2D eigenvalue weighted by Crippen LogP contribution is -2.43. The summed E-state index contributed by atoms with van der Waals surface area (Å²) in [7, 11) is 1.58. The predicted molar refractivity (Wildman–Crippen MR) is 73.0 cm³/mol. The number of rotatable bonds is 4. The van der Waals surface area contributed by atoms with Gasteiger partial charge in [-0.1, -0.05) is 15.9 Å². The maximum Gasteiger partial charge on any atom is 0.133 e. The average molecular weight is 317 g/mol. The summed E-state index contributed by atoms with van der Waals surface area (Å²) >= 11 is 3.43. The average Bonchev–Trinajstić information content (AvgIpc) is 2.36. The van der Waals surface area contributed by atoms with E-state index in [9.17, 15) is 4.39 Å². The predicted octanol–water partition coefficient (Wildman–Crippen LogP) is 2.14. The molecule has 1 N–H and O–H groups in total. The lowest BCUT2D eigenvalue weighted by atomic mass is 10.1. The van der Waals surface area contributed by atoms with Crippen molar-refractivity contribution < 1.29 is 9.13 Å². The van der Waals surface area contributed by atoms with Gasteiger partial charge < -0.3 is 10.1 Å². The van der Waals surface area contributed by atoms with Crippen LogP contribution in [-0.2, 0) is 17.9 Å². The van der Waals surface area contributed by atoms with Gasteiger partial charge in [0.2, 0.25) is 0 Å². The summed E-state index contributed by atoms with van der Waals surface area (Å²) in [5.41, 5.74) is 1.34. The lowest BCUT2D eigenvalue weighted by molar-refractivity contribution is 0.180. The number of hydrogen-bond donors (Lipinski definition) is 1. The molecule has 0 saturated carbocycles. The van der Waals surface area contributed by atoms with E-state index in [-0.39, 0.29) is 5.82 Å². The fourth-order valence-corrected chi connectivity index (χ4v) is 2.75. The highest BCUT2D eigenvalue weighted by molar-refractivity contribution is 9.10. The smallest absolute Gasteiger partial charge is 0.133 e. The van der Waals surface area contributed by atoms with Crippen LogP contribution in [-0.4, -0.2) is 38.2 Å². The van der Waals surface area contributed by atoms with E-state index in [1.165, 1.54) is 0 Å². The normalized spacial score (nSPS) is 17.1. The molecule has 0 amide bonds. The van der Waals surface area contributed by atoms with E-state index in [0.29, 0.717) is 18.7 Å². The Kier molecular flexibility index (Phi) is 5.12. The molecule has 5 heteroatoms. The number of piperazine rings is 1. The van der Waals surface area contributed by atoms with Crippen molar-refractivity contribution in [2.24, 2.45) is 0 Å². The zero-order valence-electron chi connectivity index (χ0n) is 10.5. The maximum atomic E-state index is 14.3. The Morgan fingerprint density at radius 1 is 1.33 bits per heavy atom. The molecule has 1 saturated heterocycles. The van der Waals surface area contributed by atoms with E-state index in [1.54, 1.807) is 13.2 Å². The van der Waals surface area contributed by atoms with Gasteiger partial charge in [0.15, 0.2) is 0 Å². The Labute approximate surface area is 115 Å². The minimum Gasteiger partial charge on any atom is -0.380 e. The Morgan fingerprint density at radius 3 is 2.67 bits per heavy atom. The van der Waals surface area contributed by atoms with Crippen molar-refractivity contribution in [3.8, 4) is 0 Å². The van der Waals surface area contributed by atoms with Gasteiger partial charge >= 0.3 is 0 Å². The van der Waals surface area contributed by atoms with Gasteiger partial charge in [0.05, 0.1) is 6.61 Å². The summed E-state index contributed by atoms with van der Waals surface area (Å²) in [6, 6.07) is 3.64. The minimum atomic E-state index is -0.140. The molecule has 0 aromatic heterocycles. The highest BCUT2D eigenvalue weighted by Gasteiger charge is 2.15. The largest absolute Gasteiger partial charge is 0.380 e. The molecular formula is C13H18BrFN2O. The fourth-order valence-electron chi connectivity index (χ4n) is 2.19. The number of benzene rings is 1. The standard InChI is InChI=1S/C13H18BrFN2O/c1-18-9-11-7-12(14)6-10(13(11)15)8-17-4-2-16-3-5-17/h6-7,16H,2-5,8-9H2,1H3. The van der Waals surface area contributed by atoms with Crippen LogP contribution in [0.25, 0.3) is 0 Å². The Morgan fingerprint density at radius 2 is 2.00 bits per heavy atom. The van der Waals surface area contributed by atoms with Crippen molar-refractivity contribution in [2.45, 2.75) is 13.2 Å². The second-order valence-corrected chi connectivity index (χ2v) is 5.41. The van der Waals surface area contributed by atoms with E-state index in [1.807, 2.05) is 6.07 Å². The van der Waals surface area contributed by atoms with E-state index >= 15 is 0 Å². The third-order valence-corrected chi connectivity index (χ3v) is 3.55. The second-order valence-electron chi connectivity index (χ2n) is 4.50. The molecule has 1 aromatic carbocycles. The molecule has 1 aliphatic rings. The summed E-state index contributed by atoms with van der Waals surface area (Å²) in [4.78, 5) is 2.26. The molecule has 1 aliphatic heterocycles. The summed E-state index contributed by atoms with van der Waals surface area (Å²) in [6.07, 6.45) is 0. The fraction of sp³-hybridized carbons (Fsp3) is 0.538. The van der Waals surface area contributed by atoms with Crippen LogP contribution >= 0.6 is 15.9 Å². The molecule has 0 radical (unpaired) electrons. The second kappa shape index (κ2) is 6.61. The molecule has 2 rings (SSSR count).